The number of rotatable bonds is 9. The lowest BCUT2D eigenvalue weighted by Crippen LogP contribution is -2.56. The topological polar surface area (TPSA) is 137 Å². The second kappa shape index (κ2) is 13.9. The molecule has 1 saturated carbocycles. The molecule has 0 spiro atoms. The summed E-state index contributed by atoms with van der Waals surface area (Å²) >= 11 is 11.6. The van der Waals surface area contributed by atoms with Crippen LogP contribution in [0.5, 0.6) is 0 Å². The molecule has 2 fully saturated rings. The van der Waals surface area contributed by atoms with Crippen molar-refractivity contribution < 1.29 is 24.2 Å². The second-order valence-electron chi connectivity index (χ2n) is 10.6. The number of piperidine rings is 1. The Morgan fingerprint density at radius 3 is 2.50 bits per heavy atom. The van der Waals surface area contributed by atoms with Crippen molar-refractivity contribution in [3.8, 4) is 0 Å². The Labute approximate surface area is 244 Å². The number of H-pyrrole nitrogens is 1. The maximum absolute atomic E-state index is 13.8. The van der Waals surface area contributed by atoms with Crippen LogP contribution in [0.3, 0.4) is 0 Å². The molecular formula is C28H36ClN5O5S. The van der Waals surface area contributed by atoms with Gasteiger partial charge in [0.1, 0.15) is 6.04 Å². The van der Waals surface area contributed by atoms with Crippen molar-refractivity contribution in [1.82, 2.24) is 25.5 Å². The van der Waals surface area contributed by atoms with E-state index in [9.17, 15) is 14.4 Å². The molecule has 40 heavy (non-hydrogen) atoms. The van der Waals surface area contributed by atoms with Gasteiger partial charge < -0.3 is 30.4 Å². The average molecular weight is 590 g/mol. The minimum atomic E-state index is -1.58. The zero-order valence-electron chi connectivity index (χ0n) is 22.4. The van der Waals surface area contributed by atoms with Crippen LogP contribution < -0.4 is 10.6 Å². The number of carbonyl (C=O) groups is 3. The molecular weight excluding hydrogens is 554 g/mol. The smallest absolute Gasteiger partial charge is 0.449 e. The Bertz CT molecular complexity index is 1160. The van der Waals surface area contributed by atoms with E-state index in [0.29, 0.717) is 55.5 Å². The van der Waals surface area contributed by atoms with Gasteiger partial charge in [-0.3, -0.25) is 9.59 Å². The molecule has 1 aromatic carbocycles. The van der Waals surface area contributed by atoms with Gasteiger partial charge in [0.05, 0.1) is 11.7 Å². The van der Waals surface area contributed by atoms with Crippen LogP contribution >= 0.6 is 23.8 Å². The monoisotopic (exact) mass is 589 g/mol. The van der Waals surface area contributed by atoms with Crippen LogP contribution in [0, 0.1) is 11.3 Å². The first-order chi connectivity index (χ1) is 19.3. The quantitative estimate of drug-likeness (QED) is 0.194. The van der Waals surface area contributed by atoms with E-state index in [4.69, 9.17) is 33.7 Å². The van der Waals surface area contributed by atoms with Crippen molar-refractivity contribution in [3.63, 3.8) is 0 Å². The number of halogens is 1. The summed E-state index contributed by atoms with van der Waals surface area (Å²) in [5, 5.41) is 16.5. The van der Waals surface area contributed by atoms with Gasteiger partial charge >= 0.3 is 12.1 Å². The number of hydrogen-bond acceptors (Lipinski definition) is 6. The number of benzene rings is 1. The van der Waals surface area contributed by atoms with Crippen molar-refractivity contribution in [2.45, 2.75) is 63.8 Å². The van der Waals surface area contributed by atoms with Crippen LogP contribution in [0.1, 0.15) is 56.2 Å². The molecule has 4 rings (SSSR count). The third-order valence-electron chi connectivity index (χ3n) is 8.13. The van der Waals surface area contributed by atoms with Gasteiger partial charge in [-0.1, -0.05) is 43.0 Å². The Balaban J connectivity index is 1.44. The number of amides is 1. The minimum Gasteiger partial charge on any atom is -0.449 e. The first-order valence-corrected chi connectivity index (χ1v) is 14.6. The second-order valence-corrected chi connectivity index (χ2v) is 11.4. The number of likely N-dealkylation sites (tertiary alicyclic amines) is 1. The van der Waals surface area contributed by atoms with Crippen LogP contribution in [0.25, 0.3) is 0 Å². The lowest BCUT2D eigenvalue weighted by molar-refractivity contribution is -0.162. The van der Waals surface area contributed by atoms with Crippen molar-refractivity contribution >= 4 is 47.0 Å². The number of ether oxygens (including phenoxy) is 1. The molecule has 1 aliphatic heterocycles. The Hall–Kier alpha value is -3.18. The number of aromatic amines is 1. The van der Waals surface area contributed by atoms with Gasteiger partial charge in [0.15, 0.2) is 5.11 Å². The summed E-state index contributed by atoms with van der Waals surface area (Å²) in [4.78, 5) is 46.9. The highest BCUT2D eigenvalue weighted by atomic mass is 35.5. The van der Waals surface area contributed by atoms with Crippen molar-refractivity contribution in [2.75, 3.05) is 19.6 Å². The van der Waals surface area contributed by atoms with Gasteiger partial charge in [0.25, 0.3) is 0 Å². The highest BCUT2D eigenvalue weighted by molar-refractivity contribution is 7.80. The van der Waals surface area contributed by atoms with Crippen LogP contribution in [-0.2, 0) is 27.2 Å². The normalized spacial score (nSPS) is 18.0. The predicted octanol–water partition coefficient (Wildman–Crippen LogP) is 4.09. The summed E-state index contributed by atoms with van der Waals surface area (Å²) in [5.74, 6) is -0.756. The van der Waals surface area contributed by atoms with Crippen molar-refractivity contribution in [3.05, 3.63) is 53.1 Å². The van der Waals surface area contributed by atoms with E-state index in [2.05, 4.69) is 20.6 Å². The van der Waals surface area contributed by atoms with E-state index in [0.717, 1.165) is 43.4 Å². The highest BCUT2D eigenvalue weighted by Gasteiger charge is 2.50. The fourth-order valence-electron chi connectivity index (χ4n) is 5.96. The number of aromatic nitrogens is 2. The number of esters is 1. The molecule has 2 aromatic rings. The molecule has 0 unspecified atom stereocenters. The zero-order chi connectivity index (χ0) is 28.5. The maximum atomic E-state index is 13.8. The van der Waals surface area contributed by atoms with E-state index in [1.165, 1.54) is 0 Å². The van der Waals surface area contributed by atoms with E-state index in [1.54, 1.807) is 29.6 Å². The molecule has 1 atom stereocenters. The number of imidazole rings is 1. The standard InChI is InChI=1S/C28H36ClN5O5S/c29-21-8-6-19(7-9-21)16-23(33-26(40)31-13-10-22-17-30-18-32-22)24(35)34-14-11-28(12-15-34,25(36)39-27(37)38)20-4-2-1-3-5-20/h6-9,17-18,20,23H,1-5,10-16H2,(H,30,32)(H,37,38)(H2,31,33,40)/t23-/m1/s1. The molecule has 1 saturated heterocycles. The molecule has 10 nitrogen and oxygen atoms in total. The number of nitrogens with zero attached hydrogens (tertiary/aromatic N) is 2. The first kappa shape index (κ1) is 29.8. The largest absolute Gasteiger partial charge is 0.513 e. The number of hydrogen-bond donors (Lipinski definition) is 4. The molecule has 2 heterocycles. The lowest BCUT2D eigenvalue weighted by atomic mass is 9.63. The molecule has 2 aliphatic rings. The number of carbonyl (C=O) groups excluding carboxylic acids is 2. The zero-order valence-corrected chi connectivity index (χ0v) is 23.9. The van der Waals surface area contributed by atoms with E-state index >= 15 is 0 Å². The van der Waals surface area contributed by atoms with E-state index < -0.39 is 23.6 Å². The summed E-state index contributed by atoms with van der Waals surface area (Å²) in [6.45, 7) is 1.24. The van der Waals surface area contributed by atoms with Crippen LogP contribution in [0.2, 0.25) is 5.02 Å². The van der Waals surface area contributed by atoms with Gasteiger partial charge in [-0.25, -0.2) is 9.78 Å². The molecule has 12 heteroatoms. The molecule has 4 N–H and O–H groups in total. The molecule has 1 aromatic heterocycles. The average Bonchev–Trinajstić information content (AvgIpc) is 3.47. The number of thiocarbonyl (C=S) groups is 1. The Morgan fingerprint density at radius 1 is 1.18 bits per heavy atom. The first-order valence-electron chi connectivity index (χ1n) is 13.8. The van der Waals surface area contributed by atoms with Crippen molar-refractivity contribution in [1.29, 1.82) is 0 Å². The maximum Gasteiger partial charge on any atom is 0.513 e. The Kier molecular flexibility index (Phi) is 10.4. The van der Waals surface area contributed by atoms with E-state index in [-0.39, 0.29) is 11.8 Å². The van der Waals surface area contributed by atoms with E-state index in [1.807, 2.05) is 12.1 Å². The predicted molar refractivity (Wildman–Crippen MR) is 154 cm³/mol. The van der Waals surface area contributed by atoms with Gasteiger partial charge in [-0.05, 0) is 61.5 Å². The van der Waals surface area contributed by atoms with Crippen LogP contribution in [-0.4, -0.2) is 68.8 Å². The van der Waals surface area contributed by atoms with Gasteiger partial charge in [-0.15, -0.1) is 0 Å². The molecule has 1 amide bonds. The number of nitrogens with one attached hydrogen (secondary N) is 3. The molecule has 216 valence electrons. The third-order valence-corrected chi connectivity index (χ3v) is 8.65. The molecule has 1 aliphatic carbocycles. The minimum absolute atomic E-state index is 0.0555. The van der Waals surface area contributed by atoms with Gasteiger partial charge in [0, 0.05) is 49.4 Å². The molecule has 0 bridgehead atoms. The lowest BCUT2D eigenvalue weighted by Gasteiger charge is -2.46. The van der Waals surface area contributed by atoms with Gasteiger partial charge in [-0.2, -0.15) is 0 Å². The fraction of sp³-hybridized carbons (Fsp3) is 0.536. The highest BCUT2D eigenvalue weighted by Crippen LogP contribution is 2.47. The molecule has 0 radical (unpaired) electrons. The third kappa shape index (κ3) is 7.72. The fourth-order valence-corrected chi connectivity index (χ4v) is 6.33. The Morgan fingerprint density at radius 2 is 1.88 bits per heavy atom. The summed E-state index contributed by atoms with van der Waals surface area (Å²) in [7, 11) is 0. The summed E-state index contributed by atoms with van der Waals surface area (Å²) < 4.78 is 4.71. The summed E-state index contributed by atoms with van der Waals surface area (Å²) in [5.41, 5.74) is 1.01. The van der Waals surface area contributed by atoms with Crippen LogP contribution in [0.15, 0.2) is 36.8 Å². The summed E-state index contributed by atoms with van der Waals surface area (Å²) in [6, 6.07) is 6.69. The summed E-state index contributed by atoms with van der Waals surface area (Å²) in [6.07, 6.45) is 8.47. The van der Waals surface area contributed by atoms with Gasteiger partial charge in [0.2, 0.25) is 5.91 Å². The SMILES string of the molecule is O=C(O)OC(=O)C1(C2CCCCC2)CCN(C(=O)[C@@H](Cc2ccc(Cl)cc2)NC(=S)NCCc2cnc[nH]2)CC1. The van der Waals surface area contributed by atoms with Crippen molar-refractivity contribution in [2.24, 2.45) is 11.3 Å². The van der Waals surface area contributed by atoms with Crippen LogP contribution in [0.4, 0.5) is 4.79 Å². The number of carboxylic acid groups (broad SMARTS) is 1.